The molecular weight excluding hydrogens is 252 g/mol. The van der Waals surface area contributed by atoms with Crippen LogP contribution in [0.25, 0.3) is 0 Å². The van der Waals surface area contributed by atoms with Crippen LogP contribution in [-0.2, 0) is 0 Å². The molecule has 3 heteroatoms. The van der Waals surface area contributed by atoms with Crippen molar-refractivity contribution in [3.63, 3.8) is 0 Å². The summed E-state index contributed by atoms with van der Waals surface area (Å²) in [5.41, 5.74) is 3.90. The molecule has 96 valence electrons. The van der Waals surface area contributed by atoms with Gasteiger partial charge < -0.3 is 0 Å². The molecule has 0 N–H and O–H groups in total. The van der Waals surface area contributed by atoms with Crippen molar-refractivity contribution in [2.24, 2.45) is 0 Å². The Morgan fingerprint density at radius 3 is 2.53 bits per heavy atom. The molecule has 0 bridgehead atoms. The summed E-state index contributed by atoms with van der Waals surface area (Å²) in [7, 11) is 0. The minimum absolute atomic E-state index is 0.280. The molecule has 1 atom stereocenters. The molecule has 0 saturated heterocycles. The van der Waals surface area contributed by atoms with Gasteiger partial charge >= 0.3 is 0 Å². The van der Waals surface area contributed by atoms with Crippen LogP contribution in [0, 0.1) is 25.2 Å². The van der Waals surface area contributed by atoms with E-state index in [1.807, 2.05) is 38.1 Å². The monoisotopic (exact) mass is 268 g/mol. The van der Waals surface area contributed by atoms with Crippen LogP contribution in [0.5, 0.6) is 0 Å². The van der Waals surface area contributed by atoms with E-state index in [1.165, 1.54) is 5.56 Å². The lowest BCUT2D eigenvalue weighted by atomic mass is 10.1. The predicted molar refractivity (Wildman–Crippen MR) is 79.1 cm³/mol. The van der Waals surface area contributed by atoms with Gasteiger partial charge in [-0.05, 0) is 38.0 Å². The number of benzene rings is 1. The van der Waals surface area contributed by atoms with Crippen molar-refractivity contribution in [3.05, 3.63) is 58.8 Å². The number of thioether (sulfide) groups is 1. The van der Waals surface area contributed by atoms with Gasteiger partial charge in [0.1, 0.15) is 11.1 Å². The molecule has 2 aromatic rings. The van der Waals surface area contributed by atoms with Gasteiger partial charge in [0.25, 0.3) is 0 Å². The zero-order chi connectivity index (χ0) is 13.8. The first-order chi connectivity index (χ1) is 9.11. The highest BCUT2D eigenvalue weighted by atomic mass is 32.2. The molecule has 0 aliphatic rings. The van der Waals surface area contributed by atoms with E-state index in [2.05, 4.69) is 30.1 Å². The molecule has 0 fully saturated rings. The Kier molecular flexibility index (Phi) is 4.24. The lowest BCUT2D eigenvalue weighted by molar-refractivity contribution is 1.01. The van der Waals surface area contributed by atoms with Gasteiger partial charge in [-0.15, -0.1) is 0 Å². The molecule has 0 aliphatic carbocycles. The quantitative estimate of drug-likeness (QED) is 0.773. The number of aryl methyl sites for hydroxylation is 2. The number of pyridine rings is 1. The Morgan fingerprint density at radius 1 is 1.21 bits per heavy atom. The summed E-state index contributed by atoms with van der Waals surface area (Å²) in [4.78, 5) is 4.51. The molecule has 0 radical (unpaired) electrons. The van der Waals surface area contributed by atoms with Gasteiger partial charge in [-0.1, -0.05) is 42.1 Å². The van der Waals surface area contributed by atoms with E-state index in [4.69, 9.17) is 0 Å². The Morgan fingerprint density at radius 2 is 1.89 bits per heavy atom. The lowest BCUT2D eigenvalue weighted by Crippen LogP contribution is -1.96. The molecule has 0 saturated carbocycles. The first-order valence-electron chi connectivity index (χ1n) is 6.21. The highest BCUT2D eigenvalue weighted by molar-refractivity contribution is 7.99. The van der Waals surface area contributed by atoms with E-state index in [0.717, 1.165) is 16.3 Å². The second kappa shape index (κ2) is 5.90. The summed E-state index contributed by atoms with van der Waals surface area (Å²) < 4.78 is 0. The highest BCUT2D eigenvalue weighted by Gasteiger charge is 2.14. The molecule has 1 aromatic heterocycles. The van der Waals surface area contributed by atoms with Crippen molar-refractivity contribution in [1.29, 1.82) is 5.26 Å². The standard InChI is InChI=1S/C16H16N2S/c1-11-9-12(2)18-16(15(11)10-17)19-13(3)14-7-5-4-6-8-14/h4-9,13H,1-3H3/t13-/m1/s1. The SMILES string of the molecule is Cc1cc(C)c(C#N)c(S[C@H](C)c2ccccc2)n1. The van der Waals surface area contributed by atoms with Crippen molar-refractivity contribution in [1.82, 2.24) is 4.98 Å². The fourth-order valence-electron chi connectivity index (χ4n) is 1.98. The number of nitriles is 1. The van der Waals surface area contributed by atoms with Crippen LogP contribution >= 0.6 is 11.8 Å². The van der Waals surface area contributed by atoms with Crippen molar-refractivity contribution in [2.45, 2.75) is 31.0 Å². The lowest BCUT2D eigenvalue weighted by Gasteiger charge is -2.13. The van der Waals surface area contributed by atoms with Crippen molar-refractivity contribution < 1.29 is 0 Å². The van der Waals surface area contributed by atoms with Gasteiger partial charge in [0.2, 0.25) is 0 Å². The minimum atomic E-state index is 0.280. The predicted octanol–water partition coefficient (Wildman–Crippen LogP) is 4.42. The molecule has 2 rings (SSSR count). The molecule has 0 amide bonds. The summed E-state index contributed by atoms with van der Waals surface area (Å²) in [6, 6.07) is 14.5. The van der Waals surface area contributed by atoms with E-state index in [0.29, 0.717) is 5.56 Å². The summed E-state index contributed by atoms with van der Waals surface area (Å²) in [5.74, 6) is 0. The van der Waals surface area contributed by atoms with Gasteiger partial charge in [-0.3, -0.25) is 0 Å². The van der Waals surface area contributed by atoms with Crippen molar-refractivity contribution in [3.8, 4) is 6.07 Å². The van der Waals surface area contributed by atoms with E-state index in [9.17, 15) is 5.26 Å². The first kappa shape index (κ1) is 13.6. The Hall–Kier alpha value is -1.79. The van der Waals surface area contributed by atoms with Crippen molar-refractivity contribution in [2.75, 3.05) is 0 Å². The average molecular weight is 268 g/mol. The van der Waals surface area contributed by atoms with E-state index >= 15 is 0 Å². The maximum absolute atomic E-state index is 9.27. The fourth-order valence-corrected chi connectivity index (χ4v) is 3.13. The number of nitrogens with zero attached hydrogens (tertiary/aromatic N) is 2. The number of hydrogen-bond acceptors (Lipinski definition) is 3. The molecule has 0 aliphatic heterocycles. The van der Waals surface area contributed by atoms with Crippen LogP contribution in [0.4, 0.5) is 0 Å². The topological polar surface area (TPSA) is 36.7 Å². The maximum atomic E-state index is 9.27. The number of hydrogen-bond donors (Lipinski definition) is 0. The Bertz CT molecular complexity index is 615. The number of aromatic nitrogens is 1. The fraction of sp³-hybridized carbons (Fsp3) is 0.250. The second-order valence-corrected chi connectivity index (χ2v) is 5.87. The van der Waals surface area contributed by atoms with Crippen molar-refractivity contribution >= 4 is 11.8 Å². The molecule has 1 aromatic carbocycles. The largest absolute Gasteiger partial charge is 0.245 e. The Labute approximate surface area is 118 Å². The maximum Gasteiger partial charge on any atom is 0.115 e. The van der Waals surface area contributed by atoms with Crippen LogP contribution in [0.1, 0.15) is 34.6 Å². The van der Waals surface area contributed by atoms with Gasteiger partial charge in [0.15, 0.2) is 0 Å². The highest BCUT2D eigenvalue weighted by Crippen LogP contribution is 2.36. The number of rotatable bonds is 3. The third-order valence-corrected chi connectivity index (χ3v) is 4.13. The zero-order valence-corrected chi connectivity index (χ0v) is 12.2. The second-order valence-electron chi connectivity index (χ2n) is 4.54. The third kappa shape index (κ3) is 3.15. The van der Waals surface area contributed by atoms with Gasteiger partial charge in [0.05, 0.1) is 5.56 Å². The zero-order valence-electron chi connectivity index (χ0n) is 11.3. The molecular formula is C16H16N2S. The van der Waals surface area contributed by atoms with Crippen LogP contribution in [0.15, 0.2) is 41.4 Å². The molecule has 19 heavy (non-hydrogen) atoms. The van der Waals surface area contributed by atoms with E-state index < -0.39 is 0 Å². The normalized spacial score (nSPS) is 11.9. The van der Waals surface area contributed by atoms with Crippen LogP contribution in [0.2, 0.25) is 0 Å². The van der Waals surface area contributed by atoms with Gasteiger partial charge in [-0.2, -0.15) is 5.26 Å². The van der Waals surface area contributed by atoms with Gasteiger partial charge in [0, 0.05) is 10.9 Å². The van der Waals surface area contributed by atoms with Gasteiger partial charge in [-0.25, -0.2) is 4.98 Å². The summed E-state index contributed by atoms with van der Waals surface area (Å²) in [6.07, 6.45) is 0. The van der Waals surface area contributed by atoms with Crippen LogP contribution in [-0.4, -0.2) is 4.98 Å². The summed E-state index contributed by atoms with van der Waals surface area (Å²) in [5, 5.41) is 10.4. The summed E-state index contributed by atoms with van der Waals surface area (Å²) >= 11 is 1.64. The summed E-state index contributed by atoms with van der Waals surface area (Å²) in [6.45, 7) is 6.07. The molecule has 0 unspecified atom stereocenters. The molecule has 2 nitrogen and oxygen atoms in total. The van der Waals surface area contributed by atoms with E-state index in [-0.39, 0.29) is 5.25 Å². The van der Waals surface area contributed by atoms with Crippen LogP contribution in [0.3, 0.4) is 0 Å². The smallest absolute Gasteiger partial charge is 0.115 e. The molecule has 0 spiro atoms. The first-order valence-corrected chi connectivity index (χ1v) is 7.09. The average Bonchev–Trinajstić information content (AvgIpc) is 2.39. The van der Waals surface area contributed by atoms with E-state index in [1.54, 1.807) is 11.8 Å². The third-order valence-electron chi connectivity index (χ3n) is 2.98. The Balaban J connectivity index is 2.32. The minimum Gasteiger partial charge on any atom is -0.245 e. The molecule has 1 heterocycles. The van der Waals surface area contributed by atoms with Crippen LogP contribution < -0.4 is 0 Å².